The van der Waals surface area contributed by atoms with Gasteiger partial charge in [-0.1, -0.05) is 30.6 Å². The van der Waals surface area contributed by atoms with Gasteiger partial charge in [-0.25, -0.2) is 0 Å². The van der Waals surface area contributed by atoms with Crippen molar-refractivity contribution in [3.8, 4) is 0 Å². The number of thioether (sulfide) groups is 2. The molecule has 1 rings (SSSR count). The fourth-order valence-electron chi connectivity index (χ4n) is 1.15. The first-order valence-electron chi connectivity index (χ1n) is 5.52. The van der Waals surface area contributed by atoms with Crippen LogP contribution in [0.3, 0.4) is 0 Å². The van der Waals surface area contributed by atoms with Crippen LogP contribution < -0.4 is 5.32 Å². The van der Waals surface area contributed by atoms with E-state index < -0.39 is 0 Å². The Bertz CT molecular complexity index is 317. The summed E-state index contributed by atoms with van der Waals surface area (Å²) in [6, 6.07) is 0. The standard InChI is InChI=1S/C11H17NO3S3/c1-8(2)10(13)12-3-4-17-11(16)18-9-5-14-7-15-6-9/h9H,1,3-7H2,2H3,(H,12,13). The van der Waals surface area contributed by atoms with E-state index in [2.05, 4.69) is 11.9 Å². The third-order valence-corrected chi connectivity index (χ3v) is 4.76. The average Bonchev–Trinajstić information content (AvgIpc) is 2.35. The van der Waals surface area contributed by atoms with Crippen LogP contribution >= 0.6 is 35.7 Å². The van der Waals surface area contributed by atoms with Crippen molar-refractivity contribution in [1.82, 2.24) is 5.32 Å². The quantitative estimate of drug-likeness (QED) is 0.475. The molecule has 0 radical (unpaired) electrons. The summed E-state index contributed by atoms with van der Waals surface area (Å²) in [6.45, 7) is 7.58. The van der Waals surface area contributed by atoms with Crippen molar-refractivity contribution >= 4 is 45.2 Å². The minimum Gasteiger partial charge on any atom is -0.354 e. The normalized spacial score (nSPS) is 16.3. The van der Waals surface area contributed by atoms with Crippen molar-refractivity contribution < 1.29 is 14.3 Å². The topological polar surface area (TPSA) is 47.6 Å². The molecule has 0 aromatic carbocycles. The van der Waals surface area contributed by atoms with Gasteiger partial charge in [0.2, 0.25) is 5.91 Å². The van der Waals surface area contributed by atoms with Crippen LogP contribution in [0.25, 0.3) is 0 Å². The lowest BCUT2D eigenvalue weighted by Crippen LogP contribution is -2.27. The lowest BCUT2D eigenvalue weighted by atomic mass is 10.3. The van der Waals surface area contributed by atoms with E-state index in [0.717, 1.165) is 9.28 Å². The Morgan fingerprint density at radius 3 is 2.78 bits per heavy atom. The molecule has 0 aliphatic carbocycles. The summed E-state index contributed by atoms with van der Waals surface area (Å²) in [5.74, 6) is 0.655. The molecule has 7 heteroatoms. The van der Waals surface area contributed by atoms with Gasteiger partial charge >= 0.3 is 0 Å². The predicted octanol–water partition coefficient (Wildman–Crippen LogP) is 1.80. The fourth-order valence-corrected chi connectivity index (χ4v) is 3.71. The van der Waals surface area contributed by atoms with E-state index in [9.17, 15) is 4.79 Å². The van der Waals surface area contributed by atoms with E-state index in [1.807, 2.05) is 0 Å². The molecule has 1 fully saturated rings. The van der Waals surface area contributed by atoms with Crippen LogP contribution in [0, 0.1) is 0 Å². The number of nitrogens with one attached hydrogen (secondary N) is 1. The molecular formula is C11H17NO3S3. The van der Waals surface area contributed by atoms with Gasteiger partial charge in [0.25, 0.3) is 0 Å². The van der Waals surface area contributed by atoms with Crippen molar-refractivity contribution in [3.05, 3.63) is 12.2 Å². The summed E-state index contributed by atoms with van der Waals surface area (Å²) in [5.41, 5.74) is 0.522. The van der Waals surface area contributed by atoms with Gasteiger partial charge in [-0.15, -0.1) is 11.8 Å². The third-order valence-electron chi connectivity index (χ3n) is 2.03. The average molecular weight is 307 g/mol. The number of carbonyl (C=O) groups is 1. The molecule has 102 valence electrons. The molecule has 1 amide bonds. The molecule has 0 spiro atoms. The summed E-state index contributed by atoms with van der Waals surface area (Å²) in [7, 11) is 0. The summed E-state index contributed by atoms with van der Waals surface area (Å²) >= 11 is 8.41. The highest BCUT2D eigenvalue weighted by molar-refractivity contribution is 8.47. The maximum absolute atomic E-state index is 11.2. The van der Waals surface area contributed by atoms with Gasteiger partial charge in [0.05, 0.1) is 18.5 Å². The number of amides is 1. The molecule has 0 aromatic rings. The molecule has 4 nitrogen and oxygen atoms in total. The molecule has 1 aliphatic heterocycles. The summed E-state index contributed by atoms with van der Waals surface area (Å²) in [5, 5.41) is 3.04. The zero-order chi connectivity index (χ0) is 13.4. The van der Waals surface area contributed by atoms with Gasteiger partial charge in [0.1, 0.15) is 10.3 Å². The maximum Gasteiger partial charge on any atom is 0.246 e. The first-order chi connectivity index (χ1) is 8.59. The summed E-state index contributed by atoms with van der Waals surface area (Å²) in [4.78, 5) is 11.2. The van der Waals surface area contributed by atoms with Crippen molar-refractivity contribution in [2.75, 3.05) is 32.3 Å². The Morgan fingerprint density at radius 2 is 2.17 bits per heavy atom. The molecule has 1 saturated heterocycles. The SMILES string of the molecule is C=C(C)C(=O)NCCSC(=S)SC1COCOC1. The van der Waals surface area contributed by atoms with Gasteiger partial charge in [-0.05, 0) is 6.92 Å². The van der Waals surface area contributed by atoms with E-state index in [1.54, 1.807) is 30.4 Å². The Balaban J connectivity index is 2.06. The molecular weight excluding hydrogens is 290 g/mol. The molecule has 0 atom stereocenters. The second-order valence-corrected chi connectivity index (χ2v) is 7.33. The smallest absolute Gasteiger partial charge is 0.246 e. The van der Waals surface area contributed by atoms with Crippen LogP contribution in [0.15, 0.2) is 12.2 Å². The number of rotatable bonds is 5. The number of ether oxygens (including phenoxy) is 2. The van der Waals surface area contributed by atoms with Crippen molar-refractivity contribution in [2.24, 2.45) is 0 Å². The highest BCUT2D eigenvalue weighted by Gasteiger charge is 2.17. The Kier molecular flexibility index (Phi) is 7.92. The van der Waals surface area contributed by atoms with Crippen LogP contribution in [-0.2, 0) is 14.3 Å². The lowest BCUT2D eigenvalue weighted by molar-refractivity contribution is -0.117. The lowest BCUT2D eigenvalue weighted by Gasteiger charge is -2.21. The van der Waals surface area contributed by atoms with E-state index >= 15 is 0 Å². The number of hydrogen-bond acceptors (Lipinski definition) is 6. The molecule has 1 heterocycles. The van der Waals surface area contributed by atoms with Crippen LogP contribution in [0.5, 0.6) is 0 Å². The van der Waals surface area contributed by atoms with Gasteiger partial charge in [0, 0.05) is 17.9 Å². The summed E-state index contributed by atoms with van der Waals surface area (Å²) < 4.78 is 11.2. The number of hydrogen-bond donors (Lipinski definition) is 1. The zero-order valence-corrected chi connectivity index (χ0v) is 12.7. The highest BCUT2D eigenvalue weighted by atomic mass is 32.2. The third kappa shape index (κ3) is 6.75. The van der Waals surface area contributed by atoms with Gasteiger partial charge < -0.3 is 14.8 Å². The van der Waals surface area contributed by atoms with E-state index in [4.69, 9.17) is 21.7 Å². The second-order valence-electron chi connectivity index (χ2n) is 3.73. The maximum atomic E-state index is 11.2. The molecule has 0 unspecified atom stereocenters. The van der Waals surface area contributed by atoms with Gasteiger partial charge in [0.15, 0.2) is 0 Å². The van der Waals surface area contributed by atoms with Crippen LogP contribution in [0.2, 0.25) is 0 Å². The zero-order valence-electron chi connectivity index (χ0n) is 10.3. The Hall–Kier alpha value is -0.0800. The van der Waals surface area contributed by atoms with Crippen molar-refractivity contribution in [1.29, 1.82) is 0 Å². The molecule has 1 aliphatic rings. The van der Waals surface area contributed by atoms with Crippen molar-refractivity contribution in [3.63, 3.8) is 0 Å². The summed E-state index contributed by atoms with van der Waals surface area (Å²) in [6.07, 6.45) is 0. The van der Waals surface area contributed by atoms with E-state index in [-0.39, 0.29) is 11.2 Å². The van der Waals surface area contributed by atoms with Crippen LogP contribution in [0.4, 0.5) is 0 Å². The molecule has 1 N–H and O–H groups in total. The first kappa shape index (κ1) is 16.0. The Morgan fingerprint density at radius 1 is 1.50 bits per heavy atom. The highest BCUT2D eigenvalue weighted by Crippen LogP contribution is 2.23. The first-order valence-corrected chi connectivity index (χ1v) is 7.79. The molecule has 0 bridgehead atoms. The van der Waals surface area contributed by atoms with Gasteiger partial charge in [-0.3, -0.25) is 4.79 Å². The van der Waals surface area contributed by atoms with Crippen LogP contribution in [0.1, 0.15) is 6.92 Å². The second kappa shape index (κ2) is 8.92. The van der Waals surface area contributed by atoms with E-state index in [0.29, 0.717) is 32.1 Å². The van der Waals surface area contributed by atoms with E-state index in [1.165, 1.54) is 0 Å². The number of thiocarbonyl (C=S) groups is 1. The minimum absolute atomic E-state index is 0.108. The predicted molar refractivity (Wildman–Crippen MR) is 81.0 cm³/mol. The monoisotopic (exact) mass is 307 g/mol. The Labute approximate surface area is 121 Å². The minimum atomic E-state index is -0.108. The number of carbonyl (C=O) groups excluding carboxylic acids is 1. The fraction of sp³-hybridized carbons (Fsp3) is 0.636. The largest absolute Gasteiger partial charge is 0.354 e. The molecule has 0 saturated carbocycles. The van der Waals surface area contributed by atoms with Gasteiger partial charge in [-0.2, -0.15) is 0 Å². The molecule has 18 heavy (non-hydrogen) atoms. The van der Waals surface area contributed by atoms with Crippen molar-refractivity contribution in [2.45, 2.75) is 12.2 Å². The molecule has 0 aromatic heterocycles. The van der Waals surface area contributed by atoms with Crippen LogP contribution in [-0.4, -0.2) is 47.0 Å².